The van der Waals surface area contributed by atoms with Crippen molar-refractivity contribution in [2.75, 3.05) is 5.32 Å². The van der Waals surface area contributed by atoms with Crippen LogP contribution < -0.4 is 10.1 Å². The number of carbonyl (C=O) groups excluding carboxylic acids is 1. The molecule has 0 spiro atoms. The van der Waals surface area contributed by atoms with Crippen molar-refractivity contribution >= 4 is 22.5 Å². The van der Waals surface area contributed by atoms with Crippen LogP contribution in [0.2, 0.25) is 0 Å². The molecule has 1 N–H and O–H groups in total. The summed E-state index contributed by atoms with van der Waals surface area (Å²) >= 11 is 0. The number of nitrogens with one attached hydrogen (secondary N) is 1. The van der Waals surface area contributed by atoms with E-state index in [9.17, 15) is 4.79 Å². The first-order valence-corrected chi connectivity index (χ1v) is 8.20. The second kappa shape index (κ2) is 7.11. The van der Waals surface area contributed by atoms with E-state index in [0.29, 0.717) is 18.0 Å². The molecule has 0 radical (unpaired) electrons. The monoisotopic (exact) mass is 344 g/mol. The molecule has 2 aromatic carbocycles. The number of anilines is 1. The molecule has 5 heteroatoms. The molecule has 0 atom stereocenters. The van der Waals surface area contributed by atoms with E-state index < -0.39 is 0 Å². The number of pyridine rings is 1. The van der Waals surface area contributed by atoms with Crippen LogP contribution in [0.15, 0.2) is 83.6 Å². The Morgan fingerprint density at radius 1 is 1.04 bits per heavy atom. The van der Waals surface area contributed by atoms with Gasteiger partial charge in [-0.1, -0.05) is 30.3 Å². The fourth-order valence-electron chi connectivity index (χ4n) is 2.71. The molecule has 0 aliphatic heterocycles. The Morgan fingerprint density at radius 3 is 2.81 bits per heavy atom. The van der Waals surface area contributed by atoms with Crippen LogP contribution in [-0.2, 0) is 6.61 Å². The van der Waals surface area contributed by atoms with Crippen molar-refractivity contribution in [3.63, 3.8) is 0 Å². The quantitative estimate of drug-likeness (QED) is 0.572. The van der Waals surface area contributed by atoms with E-state index in [0.717, 1.165) is 16.5 Å². The number of benzene rings is 2. The van der Waals surface area contributed by atoms with Gasteiger partial charge in [-0.2, -0.15) is 0 Å². The first-order valence-electron chi connectivity index (χ1n) is 8.20. The van der Waals surface area contributed by atoms with Crippen LogP contribution in [0, 0.1) is 0 Å². The second-order valence-electron chi connectivity index (χ2n) is 5.74. The maximum Gasteiger partial charge on any atom is 0.291 e. The number of para-hydroxylation sites is 1. The van der Waals surface area contributed by atoms with Gasteiger partial charge in [0.1, 0.15) is 12.4 Å². The summed E-state index contributed by atoms with van der Waals surface area (Å²) in [5, 5.41) is 3.86. The summed E-state index contributed by atoms with van der Waals surface area (Å²) in [7, 11) is 0. The van der Waals surface area contributed by atoms with Crippen LogP contribution in [-0.4, -0.2) is 10.9 Å². The number of hydrogen-bond acceptors (Lipinski definition) is 4. The Kier molecular flexibility index (Phi) is 4.35. The Balaban J connectivity index is 1.48. The highest BCUT2D eigenvalue weighted by Gasteiger charge is 2.09. The molecule has 2 aromatic heterocycles. The third kappa shape index (κ3) is 3.42. The minimum Gasteiger partial charge on any atom is -0.489 e. The standard InChI is InChI=1S/C21H16N2O3/c24-21(19-10-4-12-25-19)23-17-8-2-9-18(13-17)26-14-16-6-1-5-15-7-3-11-22-20(15)16/h1-13H,14H2,(H,23,24). The van der Waals surface area contributed by atoms with Crippen LogP contribution in [0.3, 0.4) is 0 Å². The Morgan fingerprint density at radius 2 is 1.92 bits per heavy atom. The van der Waals surface area contributed by atoms with E-state index in [1.54, 1.807) is 30.5 Å². The number of carbonyl (C=O) groups is 1. The third-order valence-corrected chi connectivity index (χ3v) is 3.95. The molecule has 0 fully saturated rings. The zero-order valence-electron chi connectivity index (χ0n) is 13.9. The molecular formula is C21H16N2O3. The van der Waals surface area contributed by atoms with Crippen molar-refractivity contribution < 1.29 is 13.9 Å². The van der Waals surface area contributed by atoms with Crippen LogP contribution in [0.1, 0.15) is 16.1 Å². The molecule has 4 aromatic rings. The zero-order chi connectivity index (χ0) is 17.8. The van der Waals surface area contributed by atoms with Crippen molar-refractivity contribution in [1.29, 1.82) is 0 Å². The largest absolute Gasteiger partial charge is 0.489 e. The van der Waals surface area contributed by atoms with Gasteiger partial charge in [-0.25, -0.2) is 0 Å². The van der Waals surface area contributed by atoms with E-state index in [1.165, 1.54) is 6.26 Å². The van der Waals surface area contributed by atoms with Crippen LogP contribution in [0.25, 0.3) is 10.9 Å². The van der Waals surface area contributed by atoms with Crippen LogP contribution >= 0.6 is 0 Å². The molecule has 1 amide bonds. The van der Waals surface area contributed by atoms with E-state index >= 15 is 0 Å². The SMILES string of the molecule is O=C(Nc1cccc(OCc2cccc3cccnc23)c1)c1ccco1. The molecule has 2 heterocycles. The first-order chi connectivity index (χ1) is 12.8. The molecule has 0 aliphatic carbocycles. The lowest BCUT2D eigenvalue weighted by Crippen LogP contribution is -2.10. The fourth-order valence-corrected chi connectivity index (χ4v) is 2.71. The highest BCUT2D eigenvalue weighted by atomic mass is 16.5. The molecule has 26 heavy (non-hydrogen) atoms. The number of ether oxygens (including phenoxy) is 1. The number of fused-ring (bicyclic) bond motifs is 1. The maximum atomic E-state index is 12.1. The molecule has 0 saturated heterocycles. The molecule has 0 aliphatic rings. The molecule has 0 saturated carbocycles. The lowest BCUT2D eigenvalue weighted by Gasteiger charge is -2.10. The normalized spacial score (nSPS) is 10.6. The predicted molar refractivity (Wildman–Crippen MR) is 99.2 cm³/mol. The zero-order valence-corrected chi connectivity index (χ0v) is 13.9. The smallest absolute Gasteiger partial charge is 0.291 e. The van der Waals surface area contributed by atoms with Gasteiger partial charge in [-0.15, -0.1) is 0 Å². The maximum absolute atomic E-state index is 12.1. The summed E-state index contributed by atoms with van der Waals surface area (Å²) in [5.41, 5.74) is 2.57. The Bertz CT molecular complexity index is 1040. The van der Waals surface area contributed by atoms with Gasteiger partial charge in [0.15, 0.2) is 5.76 Å². The number of nitrogens with zero attached hydrogens (tertiary/aromatic N) is 1. The van der Waals surface area contributed by atoms with Crippen molar-refractivity contribution in [2.24, 2.45) is 0 Å². The number of furan rings is 1. The average Bonchev–Trinajstić information content (AvgIpc) is 3.22. The molecule has 0 unspecified atom stereocenters. The van der Waals surface area contributed by atoms with Gasteiger partial charge in [-0.3, -0.25) is 9.78 Å². The van der Waals surface area contributed by atoms with Gasteiger partial charge in [0.25, 0.3) is 5.91 Å². The first kappa shape index (κ1) is 15.9. The third-order valence-electron chi connectivity index (χ3n) is 3.95. The molecule has 0 bridgehead atoms. The summed E-state index contributed by atoms with van der Waals surface area (Å²) in [5.74, 6) is 0.624. The summed E-state index contributed by atoms with van der Waals surface area (Å²) < 4.78 is 11.0. The van der Waals surface area contributed by atoms with E-state index in [4.69, 9.17) is 9.15 Å². The summed E-state index contributed by atoms with van der Waals surface area (Å²) in [4.78, 5) is 16.5. The predicted octanol–water partition coefficient (Wildman–Crippen LogP) is 4.66. The van der Waals surface area contributed by atoms with Crippen molar-refractivity contribution in [2.45, 2.75) is 6.61 Å². The Labute approximate surface area is 150 Å². The van der Waals surface area contributed by atoms with E-state index in [1.807, 2.05) is 42.5 Å². The molecular weight excluding hydrogens is 328 g/mol. The molecule has 4 rings (SSSR count). The topological polar surface area (TPSA) is 64.4 Å². The van der Waals surface area contributed by atoms with E-state index in [-0.39, 0.29) is 11.7 Å². The van der Waals surface area contributed by atoms with Gasteiger partial charge in [0.2, 0.25) is 0 Å². The lowest BCUT2D eigenvalue weighted by atomic mass is 10.1. The number of hydrogen-bond donors (Lipinski definition) is 1. The van der Waals surface area contributed by atoms with Gasteiger partial charge in [-0.05, 0) is 30.3 Å². The van der Waals surface area contributed by atoms with Crippen molar-refractivity contribution in [1.82, 2.24) is 4.98 Å². The fraction of sp³-hybridized carbons (Fsp3) is 0.0476. The number of aromatic nitrogens is 1. The summed E-state index contributed by atoms with van der Waals surface area (Å²) in [6.07, 6.45) is 3.24. The molecule has 5 nitrogen and oxygen atoms in total. The minimum absolute atomic E-state index is 0.262. The Hall–Kier alpha value is -3.60. The van der Waals surface area contributed by atoms with E-state index in [2.05, 4.69) is 10.3 Å². The van der Waals surface area contributed by atoms with Gasteiger partial charge >= 0.3 is 0 Å². The highest BCUT2D eigenvalue weighted by Crippen LogP contribution is 2.21. The lowest BCUT2D eigenvalue weighted by molar-refractivity contribution is 0.0996. The van der Waals surface area contributed by atoms with Crippen molar-refractivity contribution in [3.8, 4) is 5.75 Å². The van der Waals surface area contributed by atoms with Crippen LogP contribution in [0.5, 0.6) is 5.75 Å². The van der Waals surface area contributed by atoms with Gasteiger partial charge < -0.3 is 14.5 Å². The summed E-state index contributed by atoms with van der Waals surface area (Å²) in [6.45, 7) is 0.393. The summed E-state index contributed by atoms with van der Waals surface area (Å²) in [6, 6.07) is 20.5. The van der Waals surface area contributed by atoms with Gasteiger partial charge in [0.05, 0.1) is 11.8 Å². The van der Waals surface area contributed by atoms with Gasteiger partial charge in [0, 0.05) is 28.9 Å². The number of amides is 1. The minimum atomic E-state index is -0.301. The van der Waals surface area contributed by atoms with Crippen LogP contribution in [0.4, 0.5) is 5.69 Å². The number of rotatable bonds is 5. The average molecular weight is 344 g/mol. The second-order valence-corrected chi connectivity index (χ2v) is 5.74. The molecule has 128 valence electrons. The van der Waals surface area contributed by atoms with Crippen molar-refractivity contribution in [3.05, 3.63) is 90.5 Å². The highest BCUT2D eigenvalue weighted by molar-refractivity contribution is 6.02.